The van der Waals surface area contributed by atoms with Gasteiger partial charge in [0.25, 0.3) is 5.91 Å². The van der Waals surface area contributed by atoms with E-state index >= 15 is 0 Å². The van der Waals surface area contributed by atoms with Crippen LogP contribution in [0.1, 0.15) is 5.56 Å². The fourth-order valence-corrected chi connectivity index (χ4v) is 4.03. The van der Waals surface area contributed by atoms with E-state index in [-0.39, 0.29) is 29.0 Å². The van der Waals surface area contributed by atoms with Crippen molar-refractivity contribution in [1.82, 2.24) is 5.32 Å². The number of halogens is 1. The molecule has 2 N–H and O–H groups in total. The first-order valence-electron chi connectivity index (χ1n) is 8.05. The van der Waals surface area contributed by atoms with Crippen molar-refractivity contribution >= 4 is 33.8 Å². The van der Waals surface area contributed by atoms with Gasteiger partial charge in [0.15, 0.2) is 9.84 Å². The molecule has 0 saturated carbocycles. The minimum atomic E-state index is -3.49. The van der Waals surface area contributed by atoms with Crippen molar-refractivity contribution in [1.29, 1.82) is 0 Å². The molecule has 0 aromatic heterocycles. The molecular weight excluding hydrogens is 376 g/mol. The van der Waals surface area contributed by atoms with Crippen LogP contribution in [0.3, 0.4) is 0 Å². The highest BCUT2D eigenvalue weighted by molar-refractivity contribution is 7.90. The smallest absolute Gasteiger partial charge is 0.254 e. The molecule has 0 unspecified atom stereocenters. The highest BCUT2D eigenvalue weighted by Crippen LogP contribution is 2.22. The Morgan fingerprint density at radius 1 is 1.12 bits per heavy atom. The van der Waals surface area contributed by atoms with Gasteiger partial charge in [-0.2, -0.15) is 0 Å². The van der Waals surface area contributed by atoms with E-state index in [4.69, 9.17) is 4.74 Å². The first-order valence-corrected chi connectivity index (χ1v) is 9.70. The van der Waals surface area contributed by atoms with Crippen LogP contribution < -0.4 is 10.6 Å². The molecule has 6 nitrogen and oxygen atoms in total. The minimum Gasteiger partial charge on any atom is -0.366 e. The predicted molar refractivity (Wildman–Crippen MR) is 102 cm³/mol. The summed E-state index contributed by atoms with van der Waals surface area (Å²) in [7, 11) is -3.49. The van der Waals surface area contributed by atoms with Crippen LogP contribution in [0.5, 0.6) is 0 Å². The summed E-state index contributed by atoms with van der Waals surface area (Å²) < 4.78 is 30.6. The third-order valence-corrected chi connectivity index (χ3v) is 5.62. The average molecular weight is 397 g/mol. The van der Waals surface area contributed by atoms with Gasteiger partial charge < -0.3 is 15.4 Å². The van der Waals surface area contributed by atoms with E-state index in [0.717, 1.165) is 6.54 Å². The number of hydrogen-bond donors (Lipinski definition) is 2. The Morgan fingerprint density at radius 2 is 1.81 bits per heavy atom. The molecule has 1 amide bonds. The van der Waals surface area contributed by atoms with Crippen LogP contribution in [0.2, 0.25) is 0 Å². The van der Waals surface area contributed by atoms with Gasteiger partial charge in [-0.15, -0.1) is 12.4 Å². The van der Waals surface area contributed by atoms with Crippen LogP contribution in [-0.2, 0) is 25.1 Å². The van der Waals surface area contributed by atoms with Crippen LogP contribution in [0.25, 0.3) is 0 Å². The summed E-state index contributed by atoms with van der Waals surface area (Å²) >= 11 is 0. The SMILES string of the molecule is Cl.O=C(Nc1ccccc1CS(=O)(=O)c1ccccc1)[C@H]1CNCCO1. The van der Waals surface area contributed by atoms with Crippen molar-refractivity contribution in [2.24, 2.45) is 0 Å². The lowest BCUT2D eigenvalue weighted by Gasteiger charge is -2.23. The number of hydrogen-bond acceptors (Lipinski definition) is 5. The molecule has 1 aliphatic rings. The molecule has 8 heteroatoms. The van der Waals surface area contributed by atoms with E-state index in [2.05, 4.69) is 10.6 Å². The molecule has 26 heavy (non-hydrogen) atoms. The van der Waals surface area contributed by atoms with Crippen molar-refractivity contribution in [2.45, 2.75) is 16.8 Å². The third-order valence-electron chi connectivity index (χ3n) is 3.94. The second-order valence-corrected chi connectivity index (χ2v) is 7.77. The maximum absolute atomic E-state index is 12.6. The van der Waals surface area contributed by atoms with E-state index in [1.165, 1.54) is 0 Å². The average Bonchev–Trinajstić information content (AvgIpc) is 2.64. The summed E-state index contributed by atoms with van der Waals surface area (Å²) in [6, 6.07) is 15.2. The molecule has 2 aromatic rings. The highest BCUT2D eigenvalue weighted by atomic mass is 35.5. The van der Waals surface area contributed by atoms with E-state index in [1.54, 1.807) is 54.6 Å². The molecule has 0 bridgehead atoms. The highest BCUT2D eigenvalue weighted by Gasteiger charge is 2.23. The predicted octanol–water partition coefficient (Wildman–Crippen LogP) is 2.01. The quantitative estimate of drug-likeness (QED) is 0.807. The summed E-state index contributed by atoms with van der Waals surface area (Å²) in [5.41, 5.74) is 1.03. The van der Waals surface area contributed by atoms with Gasteiger partial charge in [-0.1, -0.05) is 36.4 Å². The van der Waals surface area contributed by atoms with Crippen molar-refractivity contribution < 1.29 is 17.9 Å². The number of ether oxygens (including phenoxy) is 1. The minimum absolute atomic E-state index is 0. The Kier molecular flexibility index (Phi) is 7.16. The Morgan fingerprint density at radius 3 is 2.50 bits per heavy atom. The lowest BCUT2D eigenvalue weighted by Crippen LogP contribution is -2.45. The van der Waals surface area contributed by atoms with Crippen molar-refractivity contribution in [3.8, 4) is 0 Å². The number of anilines is 1. The number of carbonyl (C=O) groups excluding carboxylic acids is 1. The molecule has 1 fully saturated rings. The van der Waals surface area contributed by atoms with Gasteiger partial charge in [0.2, 0.25) is 0 Å². The fraction of sp³-hybridized carbons (Fsp3) is 0.278. The van der Waals surface area contributed by atoms with E-state index in [0.29, 0.717) is 24.4 Å². The van der Waals surface area contributed by atoms with Crippen molar-refractivity contribution in [3.63, 3.8) is 0 Å². The maximum atomic E-state index is 12.6. The Hall–Kier alpha value is -1.93. The van der Waals surface area contributed by atoms with Gasteiger partial charge in [-0.25, -0.2) is 8.42 Å². The number of amides is 1. The molecule has 0 radical (unpaired) electrons. The summed E-state index contributed by atoms with van der Waals surface area (Å²) in [4.78, 5) is 12.6. The third kappa shape index (κ3) is 5.04. The van der Waals surface area contributed by atoms with Crippen LogP contribution in [-0.4, -0.2) is 40.1 Å². The topological polar surface area (TPSA) is 84.5 Å². The molecular formula is C18H21ClN2O4S. The Balaban J connectivity index is 0.00000243. The van der Waals surface area contributed by atoms with Crippen molar-refractivity contribution in [2.75, 3.05) is 25.0 Å². The molecule has 140 valence electrons. The molecule has 0 aliphatic carbocycles. The van der Waals surface area contributed by atoms with Gasteiger partial charge >= 0.3 is 0 Å². The second-order valence-electron chi connectivity index (χ2n) is 5.78. The summed E-state index contributed by atoms with van der Waals surface area (Å²) in [5, 5.41) is 5.88. The van der Waals surface area contributed by atoms with Crippen LogP contribution in [0.15, 0.2) is 59.5 Å². The maximum Gasteiger partial charge on any atom is 0.254 e. The first-order chi connectivity index (χ1) is 12.1. The van der Waals surface area contributed by atoms with Crippen LogP contribution in [0, 0.1) is 0 Å². The normalized spacial score (nSPS) is 17.2. The number of rotatable bonds is 5. The number of nitrogens with one attached hydrogen (secondary N) is 2. The molecule has 1 saturated heterocycles. The second kappa shape index (κ2) is 9.14. The molecule has 2 aromatic carbocycles. The first kappa shape index (κ1) is 20.4. The zero-order valence-electron chi connectivity index (χ0n) is 14.1. The largest absolute Gasteiger partial charge is 0.366 e. The van der Waals surface area contributed by atoms with Gasteiger partial charge in [-0.05, 0) is 23.8 Å². The van der Waals surface area contributed by atoms with Crippen molar-refractivity contribution in [3.05, 3.63) is 60.2 Å². The van der Waals surface area contributed by atoms with Gasteiger partial charge in [0.1, 0.15) is 6.10 Å². The van der Waals surface area contributed by atoms with E-state index < -0.39 is 15.9 Å². The monoisotopic (exact) mass is 396 g/mol. The van der Waals surface area contributed by atoms with Gasteiger partial charge in [-0.3, -0.25) is 4.79 Å². The lowest BCUT2D eigenvalue weighted by atomic mass is 10.2. The summed E-state index contributed by atoms with van der Waals surface area (Å²) in [6.45, 7) is 1.63. The molecule has 1 atom stereocenters. The van der Waals surface area contributed by atoms with E-state index in [9.17, 15) is 13.2 Å². The molecule has 1 heterocycles. The molecule has 0 spiro atoms. The number of carbonyl (C=O) groups is 1. The number of para-hydroxylation sites is 1. The zero-order chi connectivity index (χ0) is 17.7. The van der Waals surface area contributed by atoms with Gasteiger partial charge in [0, 0.05) is 18.8 Å². The summed E-state index contributed by atoms with van der Waals surface area (Å²) in [6.07, 6.45) is -0.576. The summed E-state index contributed by atoms with van der Waals surface area (Å²) in [5.74, 6) is -0.464. The molecule has 1 aliphatic heterocycles. The Labute approximate surface area is 159 Å². The number of morpholine rings is 1. The number of sulfone groups is 1. The fourth-order valence-electron chi connectivity index (χ4n) is 2.63. The standard InChI is InChI=1S/C18H20N2O4S.ClH/c21-18(17-12-19-10-11-24-17)20-16-9-5-4-6-14(16)13-25(22,23)15-7-2-1-3-8-15;/h1-9,17,19H,10-13H2,(H,20,21);1H/t17-;/m1./s1. The Bertz CT molecular complexity index is 837. The number of benzene rings is 2. The van der Waals surface area contributed by atoms with Crippen LogP contribution in [0.4, 0.5) is 5.69 Å². The van der Waals surface area contributed by atoms with Gasteiger partial charge in [0.05, 0.1) is 17.3 Å². The van der Waals surface area contributed by atoms with E-state index in [1.807, 2.05) is 0 Å². The lowest BCUT2D eigenvalue weighted by molar-refractivity contribution is -0.128. The zero-order valence-corrected chi connectivity index (χ0v) is 15.7. The molecule has 3 rings (SSSR count). The van der Waals surface area contributed by atoms with Crippen LogP contribution >= 0.6 is 12.4 Å².